The van der Waals surface area contributed by atoms with Crippen LogP contribution in [0.2, 0.25) is 0 Å². The largest absolute Gasteiger partial charge is 0.454 e. The van der Waals surface area contributed by atoms with Crippen LogP contribution in [0.15, 0.2) is 82.7 Å². The Kier molecular flexibility index (Phi) is 10.6. The molecule has 2 unspecified atom stereocenters. The molecule has 0 saturated carbocycles. The second-order valence-corrected chi connectivity index (χ2v) is 13.8. The van der Waals surface area contributed by atoms with Crippen LogP contribution in [-0.2, 0) is 23.2 Å². The lowest BCUT2D eigenvalue weighted by Gasteiger charge is -2.31. The number of nitrogens with one attached hydrogen (secondary N) is 2. The molecule has 258 valence electrons. The maximum Gasteiger partial charge on any atom is 0.168 e. The number of halogens is 2. The van der Waals surface area contributed by atoms with Gasteiger partial charge in [0.15, 0.2) is 17.4 Å². The Labute approximate surface area is 286 Å². The van der Waals surface area contributed by atoms with Crippen molar-refractivity contribution in [2.75, 3.05) is 7.05 Å². The third kappa shape index (κ3) is 7.69. The maximum absolute atomic E-state index is 15.6. The predicted molar refractivity (Wildman–Crippen MR) is 193 cm³/mol. The standard InChI is InChI=1S/C39H46F2N6O2/c1-24(23-48)17-25-9-8-10-26(18-25)39(4)15-7-6-14-38(2,3)34(42)22-45-21-30-28-13-16-46-33(28)20-32(41)35(30)49-27-11-12-31(40)29(19-27)36(44-5)47-37(39)43/h8-13,16,18-20,22-24,45-46H,6-7,14-15,17,21,42H2,1-5H3,(H2,43,44,47)/b34-22-. The van der Waals surface area contributed by atoms with E-state index in [0.717, 1.165) is 42.1 Å². The average molecular weight is 669 g/mol. The Morgan fingerprint density at radius 3 is 2.57 bits per heavy atom. The van der Waals surface area contributed by atoms with Crippen molar-refractivity contribution < 1.29 is 18.3 Å². The summed E-state index contributed by atoms with van der Waals surface area (Å²) < 4.78 is 37.3. The summed E-state index contributed by atoms with van der Waals surface area (Å²) in [6.07, 6.45) is 8.17. The van der Waals surface area contributed by atoms with Gasteiger partial charge in [-0.25, -0.2) is 13.8 Å². The number of carbonyl (C=O) groups excluding carboxylic acids is 1. The molecular weight excluding hydrogens is 622 g/mol. The van der Waals surface area contributed by atoms with Crippen molar-refractivity contribution in [1.29, 1.82) is 0 Å². The van der Waals surface area contributed by atoms with Gasteiger partial charge in [-0.15, -0.1) is 0 Å². The van der Waals surface area contributed by atoms with E-state index in [1.807, 2.05) is 38.1 Å². The molecule has 0 aliphatic carbocycles. The van der Waals surface area contributed by atoms with Crippen LogP contribution in [0.4, 0.5) is 8.78 Å². The molecule has 0 fully saturated rings. The molecule has 0 amide bonds. The second kappa shape index (κ2) is 14.6. The smallest absolute Gasteiger partial charge is 0.168 e. The van der Waals surface area contributed by atoms with Crippen molar-refractivity contribution in [3.63, 3.8) is 0 Å². The van der Waals surface area contributed by atoms with E-state index in [1.54, 1.807) is 12.4 Å². The molecular formula is C39H46F2N6O2. The predicted octanol–water partition coefficient (Wildman–Crippen LogP) is 7.80. The number of H-pyrrole nitrogens is 1. The molecule has 0 saturated heterocycles. The Morgan fingerprint density at radius 2 is 1.82 bits per heavy atom. The number of fused-ring (bicyclic) bond motifs is 5. The van der Waals surface area contributed by atoms with Gasteiger partial charge >= 0.3 is 0 Å². The molecule has 10 heteroatoms. The SMILES string of the molecule is CN=C1N=C(N)C(C)(c2cccc(CC(C)C=O)c2)CCCCC(C)(C)/C(N)=C/NCc2c(c(F)cc3[nH]ccc23)Oc2ccc(F)c1c2. The van der Waals surface area contributed by atoms with Crippen molar-refractivity contribution in [1.82, 2.24) is 10.3 Å². The number of aromatic nitrogens is 1. The second-order valence-electron chi connectivity index (χ2n) is 13.8. The van der Waals surface area contributed by atoms with Gasteiger partial charge in [-0.05, 0) is 61.6 Å². The van der Waals surface area contributed by atoms with Crippen LogP contribution in [0.3, 0.4) is 0 Å². The zero-order chi connectivity index (χ0) is 35.3. The highest BCUT2D eigenvalue weighted by Gasteiger charge is 2.33. The monoisotopic (exact) mass is 668 g/mol. The average Bonchev–Trinajstić information content (AvgIpc) is 3.55. The van der Waals surface area contributed by atoms with Gasteiger partial charge < -0.3 is 31.3 Å². The van der Waals surface area contributed by atoms with Crippen LogP contribution in [0, 0.1) is 23.0 Å². The number of nitrogens with two attached hydrogens (primary N) is 2. The molecule has 2 atom stereocenters. The number of ether oxygens (including phenoxy) is 1. The van der Waals surface area contributed by atoms with Gasteiger partial charge in [0, 0.05) is 71.0 Å². The lowest BCUT2D eigenvalue weighted by Crippen LogP contribution is -2.39. The van der Waals surface area contributed by atoms with Gasteiger partial charge in [-0.2, -0.15) is 0 Å². The molecule has 1 aromatic heterocycles. The normalized spacial score (nSPS) is 21.5. The van der Waals surface area contributed by atoms with Crippen molar-refractivity contribution in [3.8, 4) is 11.5 Å². The highest BCUT2D eigenvalue weighted by Crippen LogP contribution is 2.37. The highest BCUT2D eigenvalue weighted by atomic mass is 19.1. The summed E-state index contributed by atoms with van der Waals surface area (Å²) in [5.41, 5.74) is 16.3. The van der Waals surface area contributed by atoms with Gasteiger partial charge in [0.05, 0.1) is 5.56 Å². The van der Waals surface area contributed by atoms with Gasteiger partial charge in [0.1, 0.15) is 23.7 Å². The number of aldehydes is 1. The number of nitrogens with zero attached hydrogens (tertiary/aromatic N) is 2. The van der Waals surface area contributed by atoms with Crippen molar-refractivity contribution in [3.05, 3.63) is 107 Å². The highest BCUT2D eigenvalue weighted by molar-refractivity contribution is 6.09. The first-order valence-electron chi connectivity index (χ1n) is 16.7. The number of hydrogen-bond donors (Lipinski definition) is 4. The van der Waals surface area contributed by atoms with E-state index in [1.165, 1.54) is 31.3 Å². The number of rotatable bonds is 4. The van der Waals surface area contributed by atoms with Gasteiger partial charge in [-0.1, -0.05) is 57.9 Å². The molecule has 2 heterocycles. The van der Waals surface area contributed by atoms with E-state index in [2.05, 4.69) is 35.2 Å². The Bertz CT molecular complexity index is 1930. The number of amidine groups is 2. The van der Waals surface area contributed by atoms with Crippen molar-refractivity contribution in [2.24, 2.45) is 32.8 Å². The molecule has 2 bridgehead atoms. The molecule has 0 radical (unpaired) electrons. The van der Waals surface area contributed by atoms with Crippen LogP contribution >= 0.6 is 0 Å². The number of aliphatic imine (C=N–C) groups is 2. The molecule has 1 aliphatic heterocycles. The third-order valence-corrected chi connectivity index (χ3v) is 9.67. The van der Waals surface area contributed by atoms with Crippen molar-refractivity contribution in [2.45, 2.75) is 71.8 Å². The summed E-state index contributed by atoms with van der Waals surface area (Å²) in [4.78, 5) is 23.6. The Balaban J connectivity index is 1.63. The third-order valence-electron chi connectivity index (χ3n) is 9.67. The molecule has 8 nitrogen and oxygen atoms in total. The number of allylic oxidation sites excluding steroid dienone is 1. The van der Waals surface area contributed by atoms with Crippen LogP contribution in [-0.4, -0.2) is 30.0 Å². The van der Waals surface area contributed by atoms with Gasteiger partial charge in [-0.3, -0.25) is 4.99 Å². The first kappa shape index (κ1) is 35.3. The minimum atomic E-state index is -0.749. The number of hydrogen-bond acceptors (Lipinski definition) is 6. The molecule has 5 rings (SSSR count). The molecule has 4 aromatic rings. The molecule has 3 aromatic carbocycles. The van der Waals surface area contributed by atoms with E-state index in [0.29, 0.717) is 29.6 Å². The summed E-state index contributed by atoms with van der Waals surface area (Å²) >= 11 is 0. The minimum Gasteiger partial charge on any atom is -0.454 e. The zero-order valence-electron chi connectivity index (χ0n) is 28.9. The van der Waals surface area contributed by atoms with E-state index < -0.39 is 17.0 Å². The number of aromatic amines is 1. The fourth-order valence-corrected chi connectivity index (χ4v) is 6.36. The van der Waals surface area contributed by atoms with E-state index in [4.69, 9.17) is 21.2 Å². The van der Waals surface area contributed by atoms with E-state index >= 15 is 8.78 Å². The quantitative estimate of drug-likeness (QED) is 0.165. The molecule has 0 spiro atoms. The number of benzene rings is 3. The summed E-state index contributed by atoms with van der Waals surface area (Å²) in [6, 6.07) is 15.4. The first-order chi connectivity index (χ1) is 23.4. The van der Waals surface area contributed by atoms with Crippen LogP contribution in [0.25, 0.3) is 10.9 Å². The van der Waals surface area contributed by atoms with E-state index in [-0.39, 0.29) is 46.6 Å². The Morgan fingerprint density at radius 1 is 1.04 bits per heavy atom. The number of carbonyl (C=O) groups is 1. The van der Waals surface area contributed by atoms with Gasteiger partial charge in [0.2, 0.25) is 0 Å². The Hall–Kier alpha value is -4.99. The van der Waals surface area contributed by atoms with Gasteiger partial charge in [0.25, 0.3) is 0 Å². The lowest BCUT2D eigenvalue weighted by atomic mass is 9.75. The van der Waals surface area contributed by atoms with Crippen LogP contribution in [0.1, 0.15) is 75.6 Å². The van der Waals surface area contributed by atoms with Crippen LogP contribution < -0.4 is 21.5 Å². The fourth-order valence-electron chi connectivity index (χ4n) is 6.36. The summed E-state index contributed by atoms with van der Waals surface area (Å²) in [5.74, 6) is -0.722. The molecule has 6 N–H and O–H groups in total. The summed E-state index contributed by atoms with van der Waals surface area (Å²) in [5, 5.41) is 4.06. The van der Waals surface area contributed by atoms with Crippen molar-refractivity contribution >= 4 is 28.9 Å². The first-order valence-corrected chi connectivity index (χ1v) is 16.7. The van der Waals surface area contributed by atoms with E-state index in [9.17, 15) is 4.79 Å². The maximum atomic E-state index is 15.6. The topological polar surface area (TPSA) is 131 Å². The molecule has 49 heavy (non-hydrogen) atoms. The zero-order valence-corrected chi connectivity index (χ0v) is 28.9. The lowest BCUT2D eigenvalue weighted by molar-refractivity contribution is -0.110. The molecule has 1 aliphatic rings. The summed E-state index contributed by atoms with van der Waals surface area (Å²) in [6.45, 7) is 8.35. The van der Waals surface area contributed by atoms with Crippen LogP contribution in [0.5, 0.6) is 11.5 Å². The summed E-state index contributed by atoms with van der Waals surface area (Å²) in [7, 11) is 1.52. The minimum absolute atomic E-state index is 0.00987. The fraction of sp³-hybridized carbons (Fsp3) is 0.359.